The zero-order valence-electron chi connectivity index (χ0n) is 8.47. The molecule has 0 amide bonds. The van der Waals surface area contributed by atoms with E-state index in [2.05, 4.69) is 4.99 Å². The van der Waals surface area contributed by atoms with Crippen LogP contribution >= 0.6 is 0 Å². The molecule has 0 bridgehead atoms. The number of aliphatic imine (C=N–C) groups is 1. The number of hydrogen-bond acceptors (Lipinski definition) is 3. The van der Waals surface area contributed by atoms with Crippen LogP contribution in [0, 0.1) is 0 Å². The molecule has 0 unspecified atom stereocenters. The van der Waals surface area contributed by atoms with Gasteiger partial charge < -0.3 is 9.47 Å². The summed E-state index contributed by atoms with van der Waals surface area (Å²) < 4.78 is 46.1. The van der Waals surface area contributed by atoms with E-state index in [-0.39, 0.29) is 5.76 Å². The van der Waals surface area contributed by atoms with Crippen LogP contribution in [-0.2, 0) is 9.47 Å². The molecule has 0 spiro atoms. The van der Waals surface area contributed by atoms with Gasteiger partial charge in [0.05, 0.1) is 7.11 Å². The van der Waals surface area contributed by atoms with E-state index >= 15 is 0 Å². The molecule has 0 saturated carbocycles. The second-order valence-electron chi connectivity index (χ2n) is 3.09. The van der Waals surface area contributed by atoms with Crippen molar-refractivity contribution in [3.8, 4) is 0 Å². The third-order valence-electron chi connectivity index (χ3n) is 1.91. The molecule has 1 aliphatic heterocycles. The van der Waals surface area contributed by atoms with Crippen molar-refractivity contribution in [1.82, 2.24) is 0 Å². The molecule has 0 fully saturated rings. The largest absolute Gasteiger partial charge is 0.485 e. The summed E-state index contributed by atoms with van der Waals surface area (Å²) >= 11 is 0. The lowest BCUT2D eigenvalue weighted by molar-refractivity contribution is -0.204. The topological polar surface area (TPSA) is 30.8 Å². The second-order valence-corrected chi connectivity index (χ2v) is 3.09. The number of alkyl halides is 3. The summed E-state index contributed by atoms with van der Waals surface area (Å²) in [6, 6.07) is 0. The van der Waals surface area contributed by atoms with Gasteiger partial charge in [0.15, 0.2) is 6.10 Å². The number of rotatable bonds is 2. The summed E-state index contributed by atoms with van der Waals surface area (Å²) in [6.45, 7) is 1.36. The number of ether oxygens (including phenoxy) is 2. The summed E-state index contributed by atoms with van der Waals surface area (Å²) in [5.41, 5.74) is 0. The molecular weight excluding hydrogens is 211 g/mol. The first kappa shape index (κ1) is 11.9. The van der Waals surface area contributed by atoms with Crippen molar-refractivity contribution < 1.29 is 22.6 Å². The van der Waals surface area contributed by atoms with Gasteiger partial charge in [0, 0.05) is 19.0 Å². The lowest BCUT2D eigenvalue weighted by atomic mass is 10.2. The fraction of sp³-hybridized carbons (Fsp3) is 0.667. The van der Waals surface area contributed by atoms with Crippen LogP contribution in [-0.4, -0.2) is 31.8 Å². The average molecular weight is 223 g/mol. The molecule has 0 saturated heterocycles. The Bertz CT molecular complexity index is 284. The van der Waals surface area contributed by atoms with Crippen molar-refractivity contribution >= 4 is 5.90 Å². The van der Waals surface area contributed by atoms with Gasteiger partial charge in [-0.3, -0.25) is 4.99 Å². The van der Waals surface area contributed by atoms with E-state index in [1.165, 1.54) is 13.2 Å². The van der Waals surface area contributed by atoms with Crippen molar-refractivity contribution in [2.75, 3.05) is 13.7 Å². The van der Waals surface area contributed by atoms with Crippen LogP contribution in [0.5, 0.6) is 0 Å². The summed E-state index contributed by atoms with van der Waals surface area (Å²) in [6.07, 6.45) is -4.40. The Hall–Kier alpha value is -1.20. The Labute approximate surface area is 85.6 Å². The average Bonchev–Trinajstić information content (AvgIpc) is 2.16. The number of methoxy groups -OCH3 is 1. The van der Waals surface area contributed by atoms with Gasteiger partial charge in [0.2, 0.25) is 5.90 Å². The maximum Gasteiger partial charge on any atom is 0.425 e. The molecule has 3 nitrogen and oxygen atoms in total. The van der Waals surface area contributed by atoms with Crippen molar-refractivity contribution in [2.24, 2.45) is 4.99 Å². The van der Waals surface area contributed by atoms with Crippen molar-refractivity contribution in [3.05, 3.63) is 11.8 Å². The highest BCUT2D eigenvalue weighted by Gasteiger charge is 2.38. The smallest absolute Gasteiger partial charge is 0.425 e. The van der Waals surface area contributed by atoms with Crippen molar-refractivity contribution in [1.29, 1.82) is 0 Å². The molecule has 0 aromatic rings. The quantitative estimate of drug-likeness (QED) is 0.719. The van der Waals surface area contributed by atoms with Gasteiger partial charge in [-0.1, -0.05) is 0 Å². The zero-order chi connectivity index (χ0) is 11.5. The van der Waals surface area contributed by atoms with E-state index in [0.717, 1.165) is 6.92 Å². The first-order valence-electron chi connectivity index (χ1n) is 4.46. The van der Waals surface area contributed by atoms with E-state index in [9.17, 15) is 13.2 Å². The van der Waals surface area contributed by atoms with E-state index in [4.69, 9.17) is 9.47 Å². The minimum atomic E-state index is -4.34. The van der Waals surface area contributed by atoms with Crippen LogP contribution in [0.1, 0.15) is 13.3 Å². The van der Waals surface area contributed by atoms with Gasteiger partial charge in [0.25, 0.3) is 0 Å². The molecule has 15 heavy (non-hydrogen) atoms. The predicted molar refractivity (Wildman–Crippen MR) is 48.6 cm³/mol. The molecule has 86 valence electrons. The van der Waals surface area contributed by atoms with Gasteiger partial charge in [-0.25, -0.2) is 0 Å². The molecule has 1 atom stereocenters. The van der Waals surface area contributed by atoms with Crippen LogP contribution < -0.4 is 0 Å². The first-order valence-corrected chi connectivity index (χ1v) is 4.46. The SMILES string of the molecule is COC1=NCCC(O[C@H](C)C(F)(F)F)=C1. The minimum Gasteiger partial charge on any atom is -0.485 e. The van der Waals surface area contributed by atoms with Crippen LogP contribution in [0.15, 0.2) is 16.8 Å². The lowest BCUT2D eigenvalue weighted by Crippen LogP contribution is -2.29. The number of dihydropyridines is 1. The van der Waals surface area contributed by atoms with E-state index in [0.29, 0.717) is 18.9 Å². The summed E-state index contributed by atoms with van der Waals surface area (Å²) in [4.78, 5) is 3.92. The van der Waals surface area contributed by atoms with Crippen LogP contribution in [0.2, 0.25) is 0 Å². The number of nitrogens with zero attached hydrogens (tertiary/aromatic N) is 1. The molecule has 0 aliphatic carbocycles. The standard InChI is InChI=1S/C9H12F3NO2/c1-6(9(10,11)12)15-7-3-4-13-8(5-7)14-2/h5-6H,3-4H2,1-2H3/t6-/m1/s1. The molecule has 6 heteroatoms. The maximum atomic E-state index is 12.2. The van der Waals surface area contributed by atoms with Crippen molar-refractivity contribution in [3.63, 3.8) is 0 Å². The fourth-order valence-electron chi connectivity index (χ4n) is 1.04. The predicted octanol–water partition coefficient (Wildman–Crippen LogP) is 2.29. The van der Waals surface area contributed by atoms with Crippen LogP contribution in [0.3, 0.4) is 0 Å². The highest BCUT2D eigenvalue weighted by atomic mass is 19.4. The van der Waals surface area contributed by atoms with Gasteiger partial charge in [-0.05, 0) is 6.92 Å². The molecule has 0 radical (unpaired) electrons. The first-order chi connectivity index (χ1) is 6.93. The summed E-state index contributed by atoms with van der Waals surface area (Å²) in [5.74, 6) is 0.553. The highest BCUT2D eigenvalue weighted by molar-refractivity contribution is 5.88. The summed E-state index contributed by atoms with van der Waals surface area (Å²) in [5, 5.41) is 0. The van der Waals surface area contributed by atoms with Crippen LogP contribution in [0.25, 0.3) is 0 Å². The number of hydrogen-bond donors (Lipinski definition) is 0. The fourth-order valence-corrected chi connectivity index (χ4v) is 1.04. The molecule has 1 aliphatic rings. The zero-order valence-corrected chi connectivity index (χ0v) is 8.47. The normalized spacial score (nSPS) is 19.0. The third kappa shape index (κ3) is 3.45. The Kier molecular flexibility index (Phi) is 3.60. The Morgan fingerprint density at radius 2 is 2.13 bits per heavy atom. The third-order valence-corrected chi connectivity index (χ3v) is 1.91. The van der Waals surface area contributed by atoms with Gasteiger partial charge >= 0.3 is 6.18 Å². The molecule has 0 N–H and O–H groups in total. The monoisotopic (exact) mass is 223 g/mol. The molecule has 1 rings (SSSR count). The Morgan fingerprint density at radius 3 is 2.67 bits per heavy atom. The van der Waals surface area contributed by atoms with E-state index < -0.39 is 12.3 Å². The number of halogens is 3. The maximum absolute atomic E-state index is 12.2. The van der Waals surface area contributed by atoms with Gasteiger partial charge in [-0.15, -0.1) is 0 Å². The van der Waals surface area contributed by atoms with Crippen molar-refractivity contribution in [2.45, 2.75) is 25.6 Å². The Balaban J connectivity index is 2.59. The van der Waals surface area contributed by atoms with Gasteiger partial charge in [-0.2, -0.15) is 13.2 Å². The second kappa shape index (κ2) is 4.55. The highest BCUT2D eigenvalue weighted by Crippen LogP contribution is 2.25. The lowest BCUT2D eigenvalue weighted by Gasteiger charge is -2.21. The van der Waals surface area contributed by atoms with E-state index in [1.807, 2.05) is 0 Å². The summed E-state index contributed by atoms with van der Waals surface area (Å²) in [7, 11) is 1.41. The molecule has 0 aromatic carbocycles. The molecule has 1 heterocycles. The molecular formula is C9H12F3NO2. The molecule has 0 aromatic heterocycles. The Morgan fingerprint density at radius 1 is 1.47 bits per heavy atom. The van der Waals surface area contributed by atoms with Crippen LogP contribution in [0.4, 0.5) is 13.2 Å². The minimum absolute atomic E-state index is 0.256. The van der Waals surface area contributed by atoms with E-state index in [1.54, 1.807) is 0 Å². The van der Waals surface area contributed by atoms with Gasteiger partial charge in [0.1, 0.15) is 5.76 Å².